The topological polar surface area (TPSA) is 37.3 Å². The molecular weight excluding hydrogens is 218 g/mol. The van der Waals surface area contributed by atoms with Crippen LogP contribution in [-0.4, -0.2) is 11.1 Å². The Hall–Kier alpha value is -0.800. The summed E-state index contributed by atoms with van der Waals surface area (Å²) < 4.78 is 12.2. The number of carboxylic acid groups (broad SMARTS) is 1. The van der Waals surface area contributed by atoms with Crippen molar-refractivity contribution < 1.29 is 14.3 Å². The molecule has 0 amide bonds. The second-order valence-electron chi connectivity index (χ2n) is 2.08. The Balaban J connectivity index is 0.000000310. The fraction of sp³-hybridized carbons (Fsp3) is 0.125. The van der Waals surface area contributed by atoms with Gasteiger partial charge in [-0.3, -0.25) is 4.79 Å². The Bertz CT molecular complexity index is 298. The zero-order valence-corrected chi connectivity index (χ0v) is 8.23. The molecule has 0 saturated carbocycles. The molecule has 1 N–H and O–H groups in total. The van der Waals surface area contributed by atoms with E-state index in [-0.39, 0.29) is 10.8 Å². The minimum absolute atomic E-state index is 0.247. The molecule has 1 aromatic carbocycles. The van der Waals surface area contributed by atoms with Crippen LogP contribution in [0.5, 0.6) is 0 Å². The van der Waals surface area contributed by atoms with E-state index < -0.39 is 5.97 Å². The van der Waals surface area contributed by atoms with Gasteiger partial charge in [0.15, 0.2) is 0 Å². The third-order valence-electron chi connectivity index (χ3n) is 0.882. The lowest BCUT2D eigenvalue weighted by atomic mass is 10.3. The summed E-state index contributed by atoms with van der Waals surface area (Å²) in [7, 11) is 0. The van der Waals surface area contributed by atoms with E-state index in [1.165, 1.54) is 18.2 Å². The SMILES string of the molecule is CC(=O)O.Fc1ccc(Cl)c(Cl)c1. The number of carbonyl (C=O) groups is 1. The molecule has 0 radical (unpaired) electrons. The molecule has 0 aliphatic rings. The highest BCUT2D eigenvalue weighted by atomic mass is 35.5. The van der Waals surface area contributed by atoms with Crippen LogP contribution >= 0.6 is 23.2 Å². The van der Waals surface area contributed by atoms with Gasteiger partial charge in [-0.05, 0) is 18.2 Å². The second-order valence-corrected chi connectivity index (χ2v) is 2.89. The molecule has 0 bridgehead atoms. The van der Waals surface area contributed by atoms with E-state index in [9.17, 15) is 4.39 Å². The minimum Gasteiger partial charge on any atom is -0.481 e. The minimum atomic E-state index is -0.833. The zero-order chi connectivity index (χ0) is 10.4. The molecule has 0 saturated heterocycles. The van der Waals surface area contributed by atoms with Crippen molar-refractivity contribution in [3.05, 3.63) is 34.1 Å². The largest absolute Gasteiger partial charge is 0.481 e. The van der Waals surface area contributed by atoms with E-state index in [2.05, 4.69) is 0 Å². The number of benzene rings is 1. The fourth-order valence-electron chi connectivity index (χ4n) is 0.470. The van der Waals surface area contributed by atoms with Crippen LogP contribution in [0.1, 0.15) is 6.92 Å². The molecule has 0 aliphatic carbocycles. The van der Waals surface area contributed by atoms with Crippen molar-refractivity contribution in [3.8, 4) is 0 Å². The van der Waals surface area contributed by atoms with Crippen LogP contribution in [0.4, 0.5) is 4.39 Å². The predicted molar refractivity (Wildman–Crippen MR) is 49.7 cm³/mol. The Morgan fingerprint density at radius 2 is 1.85 bits per heavy atom. The van der Waals surface area contributed by atoms with Gasteiger partial charge in [0.25, 0.3) is 5.97 Å². The molecule has 72 valence electrons. The standard InChI is InChI=1S/C6H3Cl2F.C2H4O2/c7-5-2-1-4(9)3-6(5)8;1-2(3)4/h1-3H;1H3,(H,3,4). The average Bonchev–Trinajstić information content (AvgIpc) is 1.96. The van der Waals surface area contributed by atoms with Gasteiger partial charge in [-0.15, -0.1) is 0 Å². The van der Waals surface area contributed by atoms with E-state index in [0.717, 1.165) is 6.92 Å². The summed E-state index contributed by atoms with van der Waals surface area (Å²) in [6, 6.07) is 3.84. The number of hydrogen-bond donors (Lipinski definition) is 1. The number of carboxylic acids is 1. The molecule has 0 aliphatic heterocycles. The summed E-state index contributed by atoms with van der Waals surface area (Å²) >= 11 is 10.9. The maximum absolute atomic E-state index is 12.2. The summed E-state index contributed by atoms with van der Waals surface area (Å²) in [5, 5.41) is 8.04. The first kappa shape index (κ1) is 12.2. The predicted octanol–water partition coefficient (Wildman–Crippen LogP) is 3.22. The summed E-state index contributed by atoms with van der Waals surface area (Å²) in [6.45, 7) is 1.08. The third kappa shape index (κ3) is 6.37. The molecule has 1 rings (SSSR count). The molecule has 5 heteroatoms. The van der Waals surface area contributed by atoms with Crippen LogP contribution in [0, 0.1) is 5.82 Å². The molecule has 0 atom stereocenters. The maximum atomic E-state index is 12.2. The molecule has 13 heavy (non-hydrogen) atoms. The van der Waals surface area contributed by atoms with E-state index in [1.54, 1.807) is 0 Å². The number of rotatable bonds is 0. The van der Waals surface area contributed by atoms with Crippen molar-refractivity contribution in [1.82, 2.24) is 0 Å². The number of halogens is 3. The van der Waals surface area contributed by atoms with E-state index >= 15 is 0 Å². The zero-order valence-electron chi connectivity index (χ0n) is 6.72. The van der Waals surface area contributed by atoms with Crippen molar-refractivity contribution in [2.75, 3.05) is 0 Å². The van der Waals surface area contributed by atoms with Crippen LogP contribution in [-0.2, 0) is 4.79 Å². The smallest absolute Gasteiger partial charge is 0.300 e. The Kier molecular flexibility index (Phi) is 5.42. The average molecular weight is 225 g/mol. The second kappa shape index (κ2) is 5.78. The molecule has 0 spiro atoms. The third-order valence-corrected chi connectivity index (χ3v) is 1.62. The number of aliphatic carboxylic acids is 1. The maximum Gasteiger partial charge on any atom is 0.300 e. The first-order valence-corrected chi connectivity index (χ1v) is 3.99. The van der Waals surface area contributed by atoms with Gasteiger partial charge in [0.2, 0.25) is 0 Å². The van der Waals surface area contributed by atoms with Crippen molar-refractivity contribution in [2.45, 2.75) is 6.92 Å². The van der Waals surface area contributed by atoms with Crippen LogP contribution in [0.25, 0.3) is 0 Å². The molecule has 0 unspecified atom stereocenters. The summed E-state index contributed by atoms with van der Waals surface area (Å²) in [5.41, 5.74) is 0. The van der Waals surface area contributed by atoms with E-state index in [4.69, 9.17) is 33.1 Å². The molecular formula is C8H7Cl2FO2. The van der Waals surface area contributed by atoms with Gasteiger partial charge in [-0.2, -0.15) is 0 Å². The lowest BCUT2D eigenvalue weighted by Gasteiger charge is -1.91. The van der Waals surface area contributed by atoms with Gasteiger partial charge < -0.3 is 5.11 Å². The van der Waals surface area contributed by atoms with Crippen molar-refractivity contribution in [3.63, 3.8) is 0 Å². The molecule has 0 heterocycles. The van der Waals surface area contributed by atoms with Crippen LogP contribution in [0.15, 0.2) is 18.2 Å². The van der Waals surface area contributed by atoms with Crippen molar-refractivity contribution in [1.29, 1.82) is 0 Å². The Morgan fingerprint density at radius 1 is 1.38 bits per heavy atom. The normalized spacial score (nSPS) is 8.62. The van der Waals surface area contributed by atoms with Gasteiger partial charge in [0.05, 0.1) is 10.0 Å². The summed E-state index contributed by atoms with van der Waals surface area (Å²) in [5.74, 6) is -1.20. The number of hydrogen-bond acceptors (Lipinski definition) is 1. The molecule has 0 aromatic heterocycles. The van der Waals surface area contributed by atoms with E-state index in [0.29, 0.717) is 5.02 Å². The summed E-state index contributed by atoms with van der Waals surface area (Å²) in [6.07, 6.45) is 0. The molecule has 2 nitrogen and oxygen atoms in total. The van der Waals surface area contributed by atoms with Gasteiger partial charge in [-0.1, -0.05) is 23.2 Å². The van der Waals surface area contributed by atoms with Gasteiger partial charge >= 0.3 is 0 Å². The van der Waals surface area contributed by atoms with Crippen LogP contribution in [0.2, 0.25) is 10.0 Å². The highest BCUT2D eigenvalue weighted by molar-refractivity contribution is 6.41. The van der Waals surface area contributed by atoms with Crippen LogP contribution in [0.3, 0.4) is 0 Å². The molecule has 0 fully saturated rings. The highest BCUT2D eigenvalue weighted by Gasteiger charge is 1.96. The first-order valence-electron chi connectivity index (χ1n) is 3.23. The van der Waals surface area contributed by atoms with Crippen molar-refractivity contribution >= 4 is 29.2 Å². The lowest BCUT2D eigenvalue weighted by molar-refractivity contribution is -0.134. The lowest BCUT2D eigenvalue weighted by Crippen LogP contribution is -1.78. The van der Waals surface area contributed by atoms with Gasteiger partial charge in [0.1, 0.15) is 5.82 Å². The first-order chi connectivity index (χ1) is 5.93. The monoisotopic (exact) mass is 224 g/mol. The van der Waals surface area contributed by atoms with Gasteiger partial charge in [0, 0.05) is 6.92 Å². The Labute approximate surface area is 84.9 Å². The summed E-state index contributed by atoms with van der Waals surface area (Å²) in [4.78, 5) is 9.00. The highest BCUT2D eigenvalue weighted by Crippen LogP contribution is 2.21. The molecule has 1 aromatic rings. The van der Waals surface area contributed by atoms with Crippen molar-refractivity contribution in [2.24, 2.45) is 0 Å². The quantitative estimate of drug-likeness (QED) is 0.688. The van der Waals surface area contributed by atoms with Gasteiger partial charge in [-0.25, -0.2) is 4.39 Å². The fourth-order valence-corrected chi connectivity index (χ4v) is 0.755. The van der Waals surface area contributed by atoms with E-state index in [1.807, 2.05) is 0 Å². The Morgan fingerprint density at radius 3 is 2.15 bits per heavy atom. The van der Waals surface area contributed by atoms with Crippen LogP contribution < -0.4 is 0 Å².